The summed E-state index contributed by atoms with van der Waals surface area (Å²) in [5.74, 6) is -0.849. The van der Waals surface area contributed by atoms with Crippen LogP contribution in [0.3, 0.4) is 0 Å². The van der Waals surface area contributed by atoms with Crippen molar-refractivity contribution in [3.05, 3.63) is 46.2 Å². The third-order valence-corrected chi connectivity index (χ3v) is 5.36. The number of halogens is 1. The fourth-order valence-electron chi connectivity index (χ4n) is 3.96. The van der Waals surface area contributed by atoms with Gasteiger partial charge in [-0.2, -0.15) is 10.5 Å². The number of ketones is 1. The van der Waals surface area contributed by atoms with Crippen LogP contribution in [0.2, 0.25) is 5.02 Å². The van der Waals surface area contributed by atoms with Crippen LogP contribution in [-0.2, 0) is 4.79 Å². The maximum atomic E-state index is 12.9. The number of ether oxygens (including phenoxy) is 1. The number of fused-ring (bicyclic) bond motifs is 2. The van der Waals surface area contributed by atoms with Crippen LogP contribution in [0.25, 0.3) is 10.9 Å². The minimum absolute atomic E-state index is 0.0707. The normalized spacial score (nSPS) is 20.5. The topological polar surface area (TPSA) is 86.8 Å². The van der Waals surface area contributed by atoms with Gasteiger partial charge in [-0.15, -0.1) is 0 Å². The largest absolute Gasteiger partial charge is 0.443 e. The lowest BCUT2D eigenvalue weighted by Crippen LogP contribution is -2.34. The summed E-state index contributed by atoms with van der Waals surface area (Å²) in [4.78, 5) is 17.5. The van der Waals surface area contributed by atoms with Crippen LogP contribution in [-0.4, -0.2) is 10.8 Å². The first-order chi connectivity index (χ1) is 12.8. The number of hydrogen-bond acceptors (Lipinski definition) is 5. The number of allylic oxidation sites excluding steroid dienone is 2. The average Bonchev–Trinajstić information content (AvgIpc) is 2.59. The first-order valence-corrected chi connectivity index (χ1v) is 9.04. The van der Waals surface area contributed by atoms with Gasteiger partial charge in [0.05, 0.1) is 23.6 Å². The predicted octanol–water partition coefficient (Wildman–Crippen LogP) is 4.67. The number of carbonyl (C=O) groups is 1. The van der Waals surface area contributed by atoms with Crippen molar-refractivity contribution >= 4 is 28.3 Å². The molecule has 0 amide bonds. The highest BCUT2D eigenvalue weighted by atomic mass is 35.5. The second kappa shape index (κ2) is 6.08. The van der Waals surface area contributed by atoms with Crippen molar-refractivity contribution < 1.29 is 9.53 Å². The summed E-state index contributed by atoms with van der Waals surface area (Å²) >= 11 is 6.09. The van der Waals surface area contributed by atoms with Gasteiger partial charge < -0.3 is 4.74 Å². The minimum Gasteiger partial charge on any atom is -0.443 e. The highest BCUT2D eigenvalue weighted by molar-refractivity contribution is 6.31. The first-order valence-electron chi connectivity index (χ1n) is 8.66. The van der Waals surface area contributed by atoms with Crippen molar-refractivity contribution in [1.82, 2.24) is 4.98 Å². The lowest BCUT2D eigenvalue weighted by molar-refractivity contribution is -0.119. The number of nitriles is 2. The summed E-state index contributed by atoms with van der Waals surface area (Å²) in [7, 11) is 0. The molecule has 0 saturated heterocycles. The Morgan fingerprint density at radius 1 is 1.26 bits per heavy atom. The number of carbonyl (C=O) groups excluding carboxylic acids is 1. The number of pyridine rings is 1. The second-order valence-corrected chi connectivity index (χ2v) is 8.25. The van der Waals surface area contributed by atoms with Crippen molar-refractivity contribution in [3.63, 3.8) is 0 Å². The summed E-state index contributed by atoms with van der Waals surface area (Å²) in [5.41, 5.74) is 1.49. The highest BCUT2D eigenvalue weighted by Gasteiger charge is 2.45. The zero-order valence-electron chi connectivity index (χ0n) is 14.9. The molecule has 2 aliphatic rings. The minimum atomic E-state index is -0.999. The zero-order chi connectivity index (χ0) is 19.3. The van der Waals surface area contributed by atoms with Gasteiger partial charge in [0.25, 0.3) is 0 Å². The quantitative estimate of drug-likeness (QED) is 0.720. The van der Waals surface area contributed by atoms with E-state index in [0.717, 1.165) is 5.39 Å². The molecule has 0 radical (unpaired) electrons. The van der Waals surface area contributed by atoms with Crippen LogP contribution in [0, 0.1) is 34.0 Å². The van der Waals surface area contributed by atoms with Crippen LogP contribution in [0.4, 0.5) is 0 Å². The van der Waals surface area contributed by atoms with Gasteiger partial charge in [-0.25, -0.2) is 4.98 Å². The summed E-state index contributed by atoms with van der Waals surface area (Å²) in [6.07, 6.45) is 0.922. The Hall–Kier alpha value is -2.89. The van der Waals surface area contributed by atoms with Gasteiger partial charge >= 0.3 is 0 Å². The molecule has 5 nitrogen and oxygen atoms in total. The molecule has 4 rings (SSSR count). The zero-order valence-corrected chi connectivity index (χ0v) is 15.7. The van der Waals surface area contributed by atoms with Gasteiger partial charge in [-0.3, -0.25) is 4.79 Å². The van der Waals surface area contributed by atoms with E-state index in [-0.39, 0.29) is 11.2 Å². The molecular formula is C21H16ClN3O2. The van der Waals surface area contributed by atoms with Crippen LogP contribution in [0.15, 0.2) is 35.6 Å². The van der Waals surface area contributed by atoms with Crippen LogP contribution in [0.5, 0.6) is 5.88 Å². The second-order valence-electron chi connectivity index (χ2n) is 7.81. The Morgan fingerprint density at radius 3 is 2.70 bits per heavy atom. The fraction of sp³-hybridized carbons (Fsp3) is 0.333. The maximum Gasteiger partial charge on any atom is 0.223 e. The van der Waals surface area contributed by atoms with Gasteiger partial charge in [-0.05, 0) is 29.7 Å². The standard InChI is InChI=1S/C21H16ClN3O2/c1-21(2)7-16(26)19-17(8-21)27-20-14(18(19)12(9-23)10-24)6-11-5-13(22)3-4-15(11)25-20/h3-6,12,18H,7-8H2,1-2H3. The molecule has 134 valence electrons. The third-order valence-electron chi connectivity index (χ3n) is 5.13. The number of benzene rings is 1. The van der Waals surface area contributed by atoms with Crippen LogP contribution < -0.4 is 4.74 Å². The average molecular weight is 378 g/mol. The monoisotopic (exact) mass is 377 g/mol. The summed E-state index contributed by atoms with van der Waals surface area (Å²) < 4.78 is 6.05. The summed E-state index contributed by atoms with van der Waals surface area (Å²) in [5, 5.41) is 20.4. The van der Waals surface area contributed by atoms with Crippen molar-refractivity contribution in [3.8, 4) is 18.0 Å². The Morgan fingerprint density at radius 2 is 2.00 bits per heavy atom. The Bertz CT molecular complexity index is 1090. The maximum absolute atomic E-state index is 12.9. The summed E-state index contributed by atoms with van der Waals surface area (Å²) in [6.45, 7) is 4.01. The lowest BCUT2D eigenvalue weighted by atomic mass is 9.69. The van der Waals surface area contributed by atoms with Crippen molar-refractivity contribution in [2.75, 3.05) is 0 Å². The van der Waals surface area contributed by atoms with E-state index < -0.39 is 11.8 Å². The van der Waals surface area contributed by atoms with Crippen molar-refractivity contribution in [2.45, 2.75) is 32.6 Å². The molecule has 27 heavy (non-hydrogen) atoms. The molecule has 1 aromatic heterocycles. The van der Waals surface area contributed by atoms with E-state index in [1.54, 1.807) is 18.2 Å². The highest BCUT2D eigenvalue weighted by Crippen LogP contribution is 2.50. The van der Waals surface area contributed by atoms with Crippen LogP contribution >= 0.6 is 11.6 Å². The fourth-order valence-corrected chi connectivity index (χ4v) is 4.14. The van der Waals surface area contributed by atoms with Gasteiger partial charge in [0.2, 0.25) is 5.88 Å². The third kappa shape index (κ3) is 2.85. The van der Waals surface area contributed by atoms with Gasteiger partial charge in [0.15, 0.2) is 5.78 Å². The number of aromatic nitrogens is 1. The first kappa shape index (κ1) is 17.5. The van der Waals surface area contributed by atoms with Crippen molar-refractivity contribution in [1.29, 1.82) is 10.5 Å². The van der Waals surface area contributed by atoms with E-state index in [1.165, 1.54) is 0 Å². The smallest absolute Gasteiger partial charge is 0.223 e. The van der Waals surface area contributed by atoms with Gasteiger partial charge in [0.1, 0.15) is 11.7 Å². The van der Waals surface area contributed by atoms with E-state index in [0.29, 0.717) is 46.2 Å². The Labute approximate surface area is 161 Å². The van der Waals surface area contributed by atoms with Crippen LogP contribution in [0.1, 0.15) is 38.2 Å². The van der Waals surface area contributed by atoms with E-state index in [9.17, 15) is 15.3 Å². The van der Waals surface area contributed by atoms with E-state index in [1.807, 2.05) is 32.1 Å². The van der Waals surface area contributed by atoms with Gasteiger partial charge in [0, 0.05) is 34.4 Å². The molecule has 1 aliphatic heterocycles. The molecule has 1 aliphatic carbocycles. The van der Waals surface area contributed by atoms with Crippen molar-refractivity contribution in [2.24, 2.45) is 11.3 Å². The van der Waals surface area contributed by atoms with E-state index in [4.69, 9.17) is 16.3 Å². The number of hydrogen-bond donors (Lipinski definition) is 0. The molecule has 0 saturated carbocycles. The molecule has 1 aromatic carbocycles. The van der Waals surface area contributed by atoms with E-state index >= 15 is 0 Å². The molecule has 0 spiro atoms. The molecule has 2 aromatic rings. The summed E-state index contributed by atoms with van der Waals surface area (Å²) in [6, 6.07) is 11.2. The Balaban J connectivity index is 1.98. The molecule has 1 unspecified atom stereocenters. The molecule has 2 heterocycles. The molecule has 0 bridgehead atoms. The van der Waals surface area contributed by atoms with E-state index in [2.05, 4.69) is 4.98 Å². The SMILES string of the molecule is CC1(C)CC(=O)C2=C(C1)Oc1nc3ccc(Cl)cc3cc1C2C(C#N)C#N. The lowest BCUT2D eigenvalue weighted by Gasteiger charge is -2.38. The Kier molecular flexibility index (Phi) is 3.94. The molecule has 0 N–H and O–H groups in total. The molecule has 0 fully saturated rings. The molecule has 1 atom stereocenters. The predicted molar refractivity (Wildman–Crippen MR) is 99.9 cm³/mol. The number of Topliss-reactive ketones (excluding diaryl/α,β-unsaturated/α-hetero) is 1. The number of nitrogens with zero attached hydrogens (tertiary/aromatic N) is 3. The molecular weight excluding hydrogens is 362 g/mol. The number of rotatable bonds is 1. The van der Waals surface area contributed by atoms with Gasteiger partial charge in [-0.1, -0.05) is 25.4 Å². The molecule has 6 heteroatoms.